The molecule has 0 aromatic heterocycles. The van der Waals surface area contributed by atoms with Crippen molar-refractivity contribution in [1.29, 1.82) is 0 Å². The predicted molar refractivity (Wildman–Crippen MR) is 6.57 cm³/mol. The van der Waals surface area contributed by atoms with Gasteiger partial charge in [0.25, 0.3) is 0 Å². The standard InChI is InChI=1S/CF3.Cs/c2-1(3)4;/q-1;+1. The minimum atomic E-state index is -3.08. The van der Waals surface area contributed by atoms with Crippen molar-refractivity contribution in [3.8, 4) is 0 Å². The van der Waals surface area contributed by atoms with Gasteiger partial charge in [0.15, 0.2) is 6.68 Å². The van der Waals surface area contributed by atoms with Crippen LogP contribution < -0.4 is 68.9 Å². The molecule has 0 fully saturated rings. The molecule has 0 aliphatic heterocycles. The fourth-order valence-corrected chi connectivity index (χ4v) is 0. The molecule has 0 amide bonds. The number of halogens is 3. The molecule has 4 heteroatoms. The summed E-state index contributed by atoms with van der Waals surface area (Å²) in [5, 5.41) is 0. The van der Waals surface area contributed by atoms with Crippen LogP contribution >= 0.6 is 0 Å². The summed E-state index contributed by atoms with van der Waals surface area (Å²) in [6.45, 7) is -3.08. The molecule has 0 unspecified atom stereocenters. The first-order valence-electron chi connectivity index (χ1n) is 0.567. The van der Waals surface area contributed by atoms with Gasteiger partial charge in [-0.05, 0) is 0 Å². The van der Waals surface area contributed by atoms with Gasteiger partial charge in [-0.2, -0.15) is 0 Å². The summed E-state index contributed by atoms with van der Waals surface area (Å²) in [5.74, 6) is 0. The Hall–Kier alpha value is 1.84. The Bertz CT molecular complexity index is 11.6. The van der Waals surface area contributed by atoms with Crippen LogP contribution in [0.15, 0.2) is 0 Å². The Morgan fingerprint density at radius 2 is 1.00 bits per heavy atom. The Kier molecular flexibility index (Phi) is 11.6. The minimum Gasteiger partial charge on any atom is -0.385 e. The van der Waals surface area contributed by atoms with Crippen molar-refractivity contribution in [2.45, 2.75) is 0 Å². The van der Waals surface area contributed by atoms with Gasteiger partial charge in [0.05, 0.1) is 0 Å². The maximum absolute atomic E-state index is 9.58. The second-order valence-electron chi connectivity index (χ2n) is 0.214. The number of hydrogen-bond donors (Lipinski definition) is 0. The van der Waals surface area contributed by atoms with Gasteiger partial charge in [0.1, 0.15) is 0 Å². The summed E-state index contributed by atoms with van der Waals surface area (Å²) >= 11 is 0. The monoisotopic (exact) mass is 202 g/mol. The molecule has 0 saturated carbocycles. The zero-order valence-electron chi connectivity index (χ0n) is 2.63. The topological polar surface area (TPSA) is 0 Å². The molecule has 0 radical (unpaired) electrons. The molecule has 0 spiro atoms. The van der Waals surface area contributed by atoms with Crippen LogP contribution in [0.5, 0.6) is 0 Å². The van der Waals surface area contributed by atoms with E-state index in [1.54, 1.807) is 0 Å². The molecule has 0 rings (SSSR count). The van der Waals surface area contributed by atoms with Crippen molar-refractivity contribution >= 4 is 0 Å². The molecular weight excluding hydrogens is 202 g/mol. The summed E-state index contributed by atoms with van der Waals surface area (Å²) < 4.78 is 28.8. The first kappa shape index (κ1) is 9.96. The molecule has 0 atom stereocenters. The molecular formula is CCsF3. The van der Waals surface area contributed by atoms with Crippen molar-refractivity contribution < 1.29 is 82.1 Å². The van der Waals surface area contributed by atoms with E-state index in [2.05, 4.69) is 0 Å². The van der Waals surface area contributed by atoms with E-state index in [9.17, 15) is 13.2 Å². The Morgan fingerprint density at radius 3 is 1.00 bits per heavy atom. The largest absolute Gasteiger partial charge is 1.00 e. The summed E-state index contributed by atoms with van der Waals surface area (Å²) in [7, 11) is 0. The normalized spacial score (nSPS) is 7.20. The third-order valence-corrected chi connectivity index (χ3v) is 0. The molecule has 0 heterocycles. The molecule has 0 aliphatic rings. The molecule has 26 valence electrons. The average molecular weight is 202 g/mol. The van der Waals surface area contributed by atoms with E-state index in [0.29, 0.717) is 0 Å². The third-order valence-electron chi connectivity index (χ3n) is 0. The zero-order valence-corrected chi connectivity index (χ0v) is 8.91. The third kappa shape index (κ3) is 25.4. The summed E-state index contributed by atoms with van der Waals surface area (Å²) in [4.78, 5) is 0. The van der Waals surface area contributed by atoms with Gasteiger partial charge in [-0.25, -0.2) is 0 Å². The Labute approximate surface area is 86.5 Å². The van der Waals surface area contributed by atoms with Crippen LogP contribution in [0, 0.1) is 6.68 Å². The first-order chi connectivity index (χ1) is 1.73. The predicted octanol–water partition coefficient (Wildman–Crippen LogP) is -1.65. The van der Waals surface area contributed by atoms with Crippen LogP contribution in [0.25, 0.3) is 0 Å². The van der Waals surface area contributed by atoms with E-state index in [1.807, 2.05) is 0 Å². The molecule has 0 N–H and O–H groups in total. The first-order valence-corrected chi connectivity index (χ1v) is 0.567. The molecule has 0 aromatic rings. The summed E-state index contributed by atoms with van der Waals surface area (Å²) in [5.41, 5.74) is 0. The van der Waals surface area contributed by atoms with Crippen molar-refractivity contribution in [2.75, 3.05) is 0 Å². The minimum absolute atomic E-state index is 0. The number of hydrogen-bond acceptors (Lipinski definition) is 0. The number of rotatable bonds is 0. The van der Waals surface area contributed by atoms with E-state index in [4.69, 9.17) is 0 Å². The van der Waals surface area contributed by atoms with Gasteiger partial charge in [-0.15, -0.1) is 0 Å². The van der Waals surface area contributed by atoms with Crippen molar-refractivity contribution in [1.82, 2.24) is 0 Å². The molecule has 0 saturated heterocycles. The van der Waals surface area contributed by atoms with Gasteiger partial charge in [0.2, 0.25) is 0 Å². The van der Waals surface area contributed by atoms with Crippen LogP contribution in [0.2, 0.25) is 0 Å². The van der Waals surface area contributed by atoms with Crippen LogP contribution in [0.3, 0.4) is 0 Å². The van der Waals surface area contributed by atoms with Crippen LogP contribution in [-0.4, -0.2) is 0 Å². The second-order valence-corrected chi connectivity index (χ2v) is 0.214. The smallest absolute Gasteiger partial charge is 0.385 e. The van der Waals surface area contributed by atoms with Gasteiger partial charge in [-0.1, -0.05) is 0 Å². The molecule has 0 aliphatic carbocycles. The average Bonchev–Trinajstić information content (AvgIpc) is 0.811. The van der Waals surface area contributed by atoms with E-state index in [1.165, 1.54) is 0 Å². The van der Waals surface area contributed by atoms with Gasteiger partial charge >= 0.3 is 68.9 Å². The fourth-order valence-electron chi connectivity index (χ4n) is 0. The maximum atomic E-state index is 9.58. The van der Waals surface area contributed by atoms with E-state index in [0.717, 1.165) is 0 Å². The molecule has 0 aromatic carbocycles. The van der Waals surface area contributed by atoms with Crippen LogP contribution in [0.1, 0.15) is 0 Å². The second kappa shape index (κ2) is 5.84. The fraction of sp³-hybridized carbons (Fsp3) is 0. The van der Waals surface area contributed by atoms with Gasteiger partial charge in [0, 0.05) is 0 Å². The van der Waals surface area contributed by atoms with Crippen molar-refractivity contribution in [3.63, 3.8) is 0 Å². The van der Waals surface area contributed by atoms with E-state index >= 15 is 0 Å². The van der Waals surface area contributed by atoms with Gasteiger partial charge in [-0.3, -0.25) is 0 Å². The van der Waals surface area contributed by atoms with Crippen molar-refractivity contribution in [2.24, 2.45) is 0 Å². The molecule has 0 nitrogen and oxygen atoms in total. The molecule has 0 bridgehead atoms. The molecule has 5 heavy (non-hydrogen) atoms. The SMILES string of the molecule is F[C-](F)F.[Cs+]. The zero-order chi connectivity index (χ0) is 3.58. The van der Waals surface area contributed by atoms with Crippen LogP contribution in [-0.2, 0) is 0 Å². The van der Waals surface area contributed by atoms with Crippen molar-refractivity contribution in [3.05, 3.63) is 6.68 Å². The summed E-state index contributed by atoms with van der Waals surface area (Å²) in [6.07, 6.45) is 0. The summed E-state index contributed by atoms with van der Waals surface area (Å²) in [6, 6.07) is 0. The maximum Gasteiger partial charge on any atom is 1.00 e. The quantitative estimate of drug-likeness (QED) is 0.412. The van der Waals surface area contributed by atoms with E-state index in [-0.39, 0.29) is 68.9 Å². The van der Waals surface area contributed by atoms with Crippen LogP contribution in [0.4, 0.5) is 13.2 Å². The Morgan fingerprint density at radius 1 is 1.00 bits per heavy atom. The van der Waals surface area contributed by atoms with E-state index < -0.39 is 6.68 Å². The Balaban J connectivity index is 0. The van der Waals surface area contributed by atoms with Gasteiger partial charge < -0.3 is 13.2 Å².